The Morgan fingerprint density at radius 1 is 1.03 bits per heavy atom. The normalized spacial score (nSPS) is 13.5. The molecule has 3 rings (SSSR count). The van der Waals surface area contributed by atoms with E-state index in [1.807, 2.05) is 44.2 Å². The summed E-state index contributed by atoms with van der Waals surface area (Å²) in [5.41, 5.74) is 1.37. The Morgan fingerprint density at radius 2 is 1.73 bits per heavy atom. The number of sulfonamides is 1. The molecule has 1 heterocycles. The van der Waals surface area contributed by atoms with Gasteiger partial charge in [-0.05, 0) is 37.0 Å². The van der Waals surface area contributed by atoms with E-state index in [1.165, 1.54) is 4.31 Å². The number of carbonyl (C=O) groups excluding carboxylic acids is 2. The molecule has 1 aliphatic rings. The van der Waals surface area contributed by atoms with Crippen molar-refractivity contribution >= 4 is 27.5 Å². The fraction of sp³-hybridized carbons (Fsp3) is 0.481. The van der Waals surface area contributed by atoms with Gasteiger partial charge in [-0.25, -0.2) is 8.42 Å². The Morgan fingerprint density at radius 3 is 2.38 bits per heavy atom. The summed E-state index contributed by atoms with van der Waals surface area (Å²) < 4.78 is 37.6. The van der Waals surface area contributed by atoms with E-state index in [2.05, 4.69) is 5.32 Å². The molecule has 0 radical (unpaired) electrons. The lowest BCUT2D eigenvalue weighted by atomic mass is 10.1. The minimum atomic E-state index is -3.61. The number of nitrogens with one attached hydrogen (secondary N) is 1. The summed E-state index contributed by atoms with van der Waals surface area (Å²) in [5.74, 6) is 0.689. The van der Waals surface area contributed by atoms with Crippen molar-refractivity contribution in [2.24, 2.45) is 0 Å². The molecule has 0 aliphatic carbocycles. The average molecular weight is 532 g/mol. The molecule has 0 bridgehead atoms. The predicted octanol–water partition coefficient (Wildman–Crippen LogP) is 3.34. The van der Waals surface area contributed by atoms with E-state index in [4.69, 9.17) is 9.47 Å². The smallest absolute Gasteiger partial charge is 0.242 e. The molecule has 0 saturated carbocycles. The maximum absolute atomic E-state index is 13.4. The summed E-state index contributed by atoms with van der Waals surface area (Å²) in [7, 11) is -3.61. The van der Waals surface area contributed by atoms with Crippen molar-refractivity contribution in [2.75, 3.05) is 36.9 Å². The van der Waals surface area contributed by atoms with E-state index in [0.29, 0.717) is 56.3 Å². The van der Waals surface area contributed by atoms with Crippen LogP contribution in [0.2, 0.25) is 0 Å². The maximum Gasteiger partial charge on any atom is 0.242 e. The van der Waals surface area contributed by atoms with Crippen molar-refractivity contribution in [1.29, 1.82) is 0 Å². The highest BCUT2D eigenvalue weighted by Crippen LogP contribution is 2.34. The zero-order chi connectivity index (χ0) is 26.8. The molecule has 202 valence electrons. The quantitative estimate of drug-likeness (QED) is 0.425. The van der Waals surface area contributed by atoms with Gasteiger partial charge >= 0.3 is 0 Å². The number of hydrogen-bond donors (Lipinski definition) is 1. The second-order valence-corrected chi connectivity index (χ2v) is 10.9. The van der Waals surface area contributed by atoms with Gasteiger partial charge in [-0.15, -0.1) is 0 Å². The van der Waals surface area contributed by atoms with Crippen LogP contribution in [0.5, 0.6) is 11.5 Å². The standard InChI is InChI=1S/C27H37N3O6S/c1-4-15-28-27(32)23(5-2)29(20-21-10-7-6-8-11-21)26(31)12-9-16-30(37(3,33)34)22-13-14-24-25(19-22)36-18-17-35-24/h6-8,10-11,13-14,19,23H,4-5,9,12,15-18,20H2,1-3H3,(H,28,32). The van der Waals surface area contributed by atoms with Crippen LogP contribution in [0.15, 0.2) is 48.5 Å². The van der Waals surface area contributed by atoms with Gasteiger partial charge in [-0.2, -0.15) is 0 Å². The summed E-state index contributed by atoms with van der Waals surface area (Å²) in [5, 5.41) is 2.90. The van der Waals surface area contributed by atoms with E-state index >= 15 is 0 Å². The lowest BCUT2D eigenvalue weighted by Gasteiger charge is -2.31. The predicted molar refractivity (Wildman–Crippen MR) is 143 cm³/mol. The molecule has 1 N–H and O–H groups in total. The van der Waals surface area contributed by atoms with Crippen LogP contribution in [0.1, 0.15) is 45.1 Å². The fourth-order valence-electron chi connectivity index (χ4n) is 4.26. The minimum Gasteiger partial charge on any atom is -0.486 e. The van der Waals surface area contributed by atoms with Crippen LogP contribution in [0.25, 0.3) is 0 Å². The maximum atomic E-state index is 13.4. The summed E-state index contributed by atoms with van der Waals surface area (Å²) >= 11 is 0. The molecule has 2 aromatic rings. The number of rotatable bonds is 13. The molecule has 1 atom stereocenters. The zero-order valence-electron chi connectivity index (χ0n) is 21.8. The van der Waals surface area contributed by atoms with Crippen LogP contribution < -0.4 is 19.1 Å². The molecule has 37 heavy (non-hydrogen) atoms. The number of hydrogen-bond acceptors (Lipinski definition) is 6. The first kappa shape index (κ1) is 28.3. The highest BCUT2D eigenvalue weighted by Gasteiger charge is 2.29. The van der Waals surface area contributed by atoms with Gasteiger partial charge in [0, 0.05) is 32.1 Å². The fourth-order valence-corrected chi connectivity index (χ4v) is 5.21. The molecule has 0 fully saturated rings. The Labute approximate surface area is 219 Å². The summed E-state index contributed by atoms with van der Waals surface area (Å²) in [4.78, 5) is 27.9. The second kappa shape index (κ2) is 13.3. The Hall–Kier alpha value is -3.27. The van der Waals surface area contributed by atoms with E-state index in [0.717, 1.165) is 18.2 Å². The number of carbonyl (C=O) groups is 2. The van der Waals surface area contributed by atoms with Crippen molar-refractivity contribution in [3.05, 3.63) is 54.1 Å². The summed E-state index contributed by atoms with van der Waals surface area (Å²) in [6, 6.07) is 13.9. The number of ether oxygens (including phenoxy) is 2. The van der Waals surface area contributed by atoms with Crippen LogP contribution in [-0.4, -0.2) is 63.7 Å². The molecule has 9 nitrogen and oxygen atoms in total. The van der Waals surface area contributed by atoms with Crippen molar-refractivity contribution in [3.8, 4) is 11.5 Å². The van der Waals surface area contributed by atoms with Gasteiger partial charge < -0.3 is 19.7 Å². The largest absolute Gasteiger partial charge is 0.486 e. The third-order valence-corrected chi connectivity index (χ3v) is 7.29. The number of anilines is 1. The first-order chi connectivity index (χ1) is 17.7. The molecular weight excluding hydrogens is 494 g/mol. The zero-order valence-corrected chi connectivity index (χ0v) is 22.6. The molecule has 10 heteroatoms. The average Bonchev–Trinajstić information content (AvgIpc) is 2.89. The van der Waals surface area contributed by atoms with Gasteiger partial charge in [0.25, 0.3) is 0 Å². The first-order valence-corrected chi connectivity index (χ1v) is 14.6. The summed E-state index contributed by atoms with van der Waals surface area (Å²) in [6.45, 7) is 5.65. The molecule has 0 aromatic heterocycles. The number of nitrogens with zero attached hydrogens (tertiary/aromatic N) is 2. The highest BCUT2D eigenvalue weighted by atomic mass is 32.2. The minimum absolute atomic E-state index is 0.0982. The Balaban J connectivity index is 1.74. The highest BCUT2D eigenvalue weighted by molar-refractivity contribution is 7.92. The van der Waals surface area contributed by atoms with Crippen molar-refractivity contribution < 1.29 is 27.5 Å². The van der Waals surface area contributed by atoms with E-state index in [1.54, 1.807) is 23.1 Å². The molecule has 1 aliphatic heterocycles. The second-order valence-electron chi connectivity index (χ2n) is 8.99. The molecule has 0 saturated heterocycles. The third-order valence-electron chi connectivity index (χ3n) is 6.10. The van der Waals surface area contributed by atoms with Gasteiger partial charge in [0.05, 0.1) is 11.9 Å². The van der Waals surface area contributed by atoms with Crippen molar-refractivity contribution in [2.45, 2.75) is 52.1 Å². The van der Waals surface area contributed by atoms with Crippen LogP contribution in [0.3, 0.4) is 0 Å². The molecular formula is C27H37N3O6S. The third kappa shape index (κ3) is 7.85. The van der Waals surface area contributed by atoms with E-state index < -0.39 is 16.1 Å². The lowest BCUT2D eigenvalue weighted by Crippen LogP contribution is -2.49. The van der Waals surface area contributed by atoms with Gasteiger partial charge in [0.15, 0.2) is 11.5 Å². The van der Waals surface area contributed by atoms with E-state index in [9.17, 15) is 18.0 Å². The Kier molecular flexibility index (Phi) is 10.2. The summed E-state index contributed by atoms with van der Waals surface area (Å²) in [6.07, 6.45) is 2.80. The van der Waals surface area contributed by atoms with Crippen molar-refractivity contribution in [1.82, 2.24) is 10.2 Å². The van der Waals surface area contributed by atoms with Gasteiger partial charge in [0.2, 0.25) is 21.8 Å². The van der Waals surface area contributed by atoms with Crippen LogP contribution >= 0.6 is 0 Å². The van der Waals surface area contributed by atoms with Crippen LogP contribution in [-0.2, 0) is 26.2 Å². The number of fused-ring (bicyclic) bond motifs is 1. The number of benzene rings is 2. The van der Waals surface area contributed by atoms with Gasteiger partial charge in [0.1, 0.15) is 19.3 Å². The first-order valence-electron chi connectivity index (χ1n) is 12.7. The molecule has 2 amide bonds. The van der Waals surface area contributed by atoms with Crippen LogP contribution in [0, 0.1) is 0 Å². The van der Waals surface area contributed by atoms with E-state index in [-0.39, 0.29) is 24.8 Å². The van der Waals surface area contributed by atoms with Gasteiger partial charge in [-0.3, -0.25) is 13.9 Å². The van der Waals surface area contributed by atoms with Crippen LogP contribution in [0.4, 0.5) is 5.69 Å². The molecule has 1 unspecified atom stereocenters. The molecule has 0 spiro atoms. The monoisotopic (exact) mass is 531 g/mol. The lowest BCUT2D eigenvalue weighted by molar-refractivity contribution is -0.141. The van der Waals surface area contributed by atoms with Crippen molar-refractivity contribution in [3.63, 3.8) is 0 Å². The van der Waals surface area contributed by atoms with Gasteiger partial charge in [-0.1, -0.05) is 44.2 Å². The number of amides is 2. The Bertz CT molecular complexity index is 1160. The topological polar surface area (TPSA) is 105 Å². The SMILES string of the molecule is CCCNC(=O)C(CC)N(Cc1ccccc1)C(=O)CCCN(c1ccc2c(c1)OCCO2)S(C)(=O)=O. The molecule has 2 aromatic carbocycles.